The first-order valence-corrected chi connectivity index (χ1v) is 12.5. The zero-order chi connectivity index (χ0) is 20.6. The summed E-state index contributed by atoms with van der Waals surface area (Å²) in [6.07, 6.45) is 0.895. The van der Waals surface area contributed by atoms with E-state index in [1.54, 1.807) is 18.2 Å². The van der Waals surface area contributed by atoms with Gasteiger partial charge >= 0.3 is 0 Å². The van der Waals surface area contributed by atoms with Crippen LogP contribution in [-0.4, -0.2) is 42.3 Å². The molecule has 2 aromatic carbocycles. The number of aryl methyl sites for hydroxylation is 1. The van der Waals surface area contributed by atoms with Gasteiger partial charge in [-0.2, -0.15) is 4.99 Å². The van der Waals surface area contributed by atoms with Gasteiger partial charge in [0, 0.05) is 17.4 Å². The molecule has 2 atom stereocenters. The SMILES string of the molecule is O=C(CCc1ccccc1)N=C1S[C@H]2CS(=O)(=O)C[C@@H]2N1c1ccc(Cl)c(Cl)c1. The lowest BCUT2D eigenvalue weighted by Crippen LogP contribution is -2.37. The van der Waals surface area contributed by atoms with Crippen molar-refractivity contribution in [3.05, 3.63) is 64.1 Å². The summed E-state index contributed by atoms with van der Waals surface area (Å²) in [5, 5.41) is 1.14. The van der Waals surface area contributed by atoms with Crippen molar-refractivity contribution < 1.29 is 13.2 Å². The second-order valence-corrected chi connectivity index (χ2v) is 11.2. The number of amidine groups is 1. The largest absolute Gasteiger partial charge is 0.316 e. The highest BCUT2D eigenvalue weighted by molar-refractivity contribution is 8.16. The summed E-state index contributed by atoms with van der Waals surface area (Å²) in [5.74, 6) is -0.122. The average Bonchev–Trinajstić information content (AvgIpc) is 3.14. The van der Waals surface area contributed by atoms with Crippen LogP contribution in [0.25, 0.3) is 0 Å². The minimum Gasteiger partial charge on any atom is -0.316 e. The third-order valence-electron chi connectivity index (χ3n) is 4.94. The molecule has 152 valence electrons. The molecule has 5 nitrogen and oxygen atoms in total. The van der Waals surface area contributed by atoms with Gasteiger partial charge in [0.25, 0.3) is 0 Å². The Balaban J connectivity index is 1.59. The number of nitrogens with zero attached hydrogens (tertiary/aromatic N) is 2. The molecule has 0 radical (unpaired) electrons. The smallest absolute Gasteiger partial charge is 0.248 e. The minimum absolute atomic E-state index is 0.0299. The molecule has 0 N–H and O–H groups in total. The Morgan fingerprint density at radius 2 is 1.86 bits per heavy atom. The van der Waals surface area contributed by atoms with Gasteiger partial charge in [-0.15, -0.1) is 0 Å². The Kier molecular flexibility index (Phi) is 5.93. The number of hydrogen-bond acceptors (Lipinski definition) is 4. The first-order chi connectivity index (χ1) is 13.8. The van der Waals surface area contributed by atoms with E-state index in [0.717, 1.165) is 5.56 Å². The molecule has 2 aromatic rings. The number of carbonyl (C=O) groups is 1. The maximum Gasteiger partial charge on any atom is 0.248 e. The zero-order valence-electron chi connectivity index (χ0n) is 15.3. The number of fused-ring (bicyclic) bond motifs is 1. The summed E-state index contributed by atoms with van der Waals surface area (Å²) in [6.45, 7) is 0. The molecule has 2 aliphatic rings. The van der Waals surface area contributed by atoms with Crippen molar-refractivity contribution in [1.29, 1.82) is 0 Å². The molecule has 4 rings (SSSR count). The molecule has 2 fully saturated rings. The third kappa shape index (κ3) is 4.63. The second-order valence-electron chi connectivity index (χ2n) is 7.04. The monoisotopic (exact) mass is 468 g/mol. The van der Waals surface area contributed by atoms with Crippen LogP contribution in [-0.2, 0) is 21.1 Å². The lowest BCUT2D eigenvalue weighted by Gasteiger charge is -2.24. The van der Waals surface area contributed by atoms with E-state index < -0.39 is 9.84 Å². The van der Waals surface area contributed by atoms with Gasteiger partial charge in [-0.25, -0.2) is 8.42 Å². The average molecular weight is 469 g/mol. The Morgan fingerprint density at radius 3 is 2.59 bits per heavy atom. The molecular formula is C20H18Cl2N2O3S2. The van der Waals surface area contributed by atoms with E-state index in [2.05, 4.69) is 4.99 Å². The van der Waals surface area contributed by atoms with E-state index >= 15 is 0 Å². The van der Waals surface area contributed by atoms with Gasteiger partial charge in [-0.3, -0.25) is 4.79 Å². The van der Waals surface area contributed by atoms with Crippen molar-refractivity contribution >= 4 is 61.6 Å². The molecule has 9 heteroatoms. The topological polar surface area (TPSA) is 66.8 Å². The molecular weight excluding hydrogens is 451 g/mol. The Hall–Kier alpha value is -1.54. The number of halogens is 2. The lowest BCUT2D eigenvalue weighted by molar-refractivity contribution is -0.117. The van der Waals surface area contributed by atoms with Crippen molar-refractivity contribution in [2.45, 2.75) is 24.1 Å². The van der Waals surface area contributed by atoms with E-state index in [1.165, 1.54) is 11.8 Å². The summed E-state index contributed by atoms with van der Waals surface area (Å²) < 4.78 is 24.3. The fourth-order valence-corrected chi connectivity index (χ4v) is 7.78. The molecule has 2 aliphatic heterocycles. The number of carbonyl (C=O) groups excluding carboxylic acids is 1. The number of benzene rings is 2. The van der Waals surface area contributed by atoms with Gasteiger partial charge < -0.3 is 4.90 Å². The van der Waals surface area contributed by atoms with Gasteiger partial charge in [0.2, 0.25) is 5.91 Å². The molecule has 1 amide bonds. The van der Waals surface area contributed by atoms with E-state index in [0.29, 0.717) is 27.3 Å². The Morgan fingerprint density at radius 1 is 1.10 bits per heavy atom. The minimum atomic E-state index is -3.12. The molecule has 2 saturated heterocycles. The van der Waals surface area contributed by atoms with Crippen molar-refractivity contribution in [3.63, 3.8) is 0 Å². The second kappa shape index (κ2) is 8.30. The number of amides is 1. The normalized spacial score (nSPS) is 24.1. The number of thioether (sulfide) groups is 1. The molecule has 0 saturated carbocycles. The summed E-state index contributed by atoms with van der Waals surface area (Å²) in [6, 6.07) is 14.6. The van der Waals surface area contributed by atoms with Crippen LogP contribution in [0.15, 0.2) is 53.5 Å². The number of aliphatic imine (C=N–C) groups is 1. The first kappa shape index (κ1) is 20.7. The van der Waals surface area contributed by atoms with Crippen LogP contribution in [0.4, 0.5) is 5.69 Å². The molecule has 0 spiro atoms. The number of anilines is 1. The molecule has 0 unspecified atom stereocenters. The predicted octanol–water partition coefficient (Wildman–Crippen LogP) is 4.23. The Labute approximate surface area is 184 Å². The van der Waals surface area contributed by atoms with E-state index in [1.807, 2.05) is 35.2 Å². The quantitative estimate of drug-likeness (QED) is 0.671. The Bertz CT molecular complexity index is 1070. The van der Waals surface area contributed by atoms with Gasteiger partial charge in [0.05, 0.1) is 27.6 Å². The van der Waals surface area contributed by atoms with Crippen LogP contribution in [0, 0.1) is 0 Å². The van der Waals surface area contributed by atoms with Gasteiger partial charge in [-0.05, 0) is 30.2 Å². The highest BCUT2D eigenvalue weighted by Crippen LogP contribution is 2.42. The maximum absolute atomic E-state index is 12.5. The third-order valence-corrected chi connectivity index (χ3v) is 8.89. The zero-order valence-corrected chi connectivity index (χ0v) is 18.4. The van der Waals surface area contributed by atoms with Crippen LogP contribution in [0.1, 0.15) is 12.0 Å². The molecule has 0 aliphatic carbocycles. The van der Waals surface area contributed by atoms with Gasteiger partial charge in [0.1, 0.15) is 0 Å². The summed E-state index contributed by atoms with van der Waals surface area (Å²) >= 11 is 13.5. The van der Waals surface area contributed by atoms with E-state index in [-0.39, 0.29) is 35.1 Å². The fourth-order valence-electron chi connectivity index (χ4n) is 3.56. The van der Waals surface area contributed by atoms with Crippen LogP contribution >= 0.6 is 35.0 Å². The van der Waals surface area contributed by atoms with Gasteiger partial charge in [0.15, 0.2) is 15.0 Å². The standard InChI is InChI=1S/C20H18Cl2N2O3S2/c21-15-8-7-14(10-16(15)22)24-17-11-29(26,27)12-18(17)28-20(24)23-19(25)9-6-13-4-2-1-3-5-13/h1-5,7-8,10,17-18H,6,9,11-12H2/t17-,18-/m0/s1. The number of hydrogen-bond donors (Lipinski definition) is 0. The fraction of sp³-hybridized carbons (Fsp3) is 0.300. The summed E-state index contributed by atoms with van der Waals surface area (Å²) in [4.78, 5) is 18.7. The maximum atomic E-state index is 12.5. The summed E-state index contributed by atoms with van der Waals surface area (Å²) in [7, 11) is -3.12. The molecule has 0 bridgehead atoms. The van der Waals surface area contributed by atoms with Crippen molar-refractivity contribution in [3.8, 4) is 0 Å². The molecule has 0 aromatic heterocycles. The van der Waals surface area contributed by atoms with Crippen LogP contribution in [0.5, 0.6) is 0 Å². The van der Waals surface area contributed by atoms with Crippen molar-refractivity contribution in [2.75, 3.05) is 16.4 Å². The lowest BCUT2D eigenvalue weighted by atomic mass is 10.1. The van der Waals surface area contributed by atoms with Crippen LogP contribution in [0.3, 0.4) is 0 Å². The van der Waals surface area contributed by atoms with E-state index in [4.69, 9.17) is 23.2 Å². The highest BCUT2D eigenvalue weighted by Gasteiger charge is 2.49. The van der Waals surface area contributed by atoms with Crippen LogP contribution in [0.2, 0.25) is 10.0 Å². The van der Waals surface area contributed by atoms with Crippen molar-refractivity contribution in [1.82, 2.24) is 0 Å². The predicted molar refractivity (Wildman–Crippen MR) is 120 cm³/mol. The highest BCUT2D eigenvalue weighted by atomic mass is 35.5. The first-order valence-electron chi connectivity index (χ1n) is 9.09. The molecule has 29 heavy (non-hydrogen) atoms. The van der Waals surface area contributed by atoms with Gasteiger partial charge in [-0.1, -0.05) is 65.3 Å². The molecule has 2 heterocycles. The summed E-state index contributed by atoms with van der Waals surface area (Å²) in [5.41, 5.74) is 1.76. The van der Waals surface area contributed by atoms with Crippen LogP contribution < -0.4 is 4.90 Å². The number of rotatable bonds is 4. The number of sulfone groups is 1. The van der Waals surface area contributed by atoms with E-state index in [9.17, 15) is 13.2 Å². The van der Waals surface area contributed by atoms with Crippen molar-refractivity contribution in [2.24, 2.45) is 4.99 Å².